The van der Waals surface area contributed by atoms with Gasteiger partial charge in [0.05, 0.1) is 10.6 Å². The minimum Gasteiger partial charge on any atom is -0.410 e. The highest BCUT2D eigenvalue weighted by Gasteiger charge is 2.26. The van der Waals surface area contributed by atoms with Crippen molar-refractivity contribution in [3.63, 3.8) is 0 Å². The molecule has 1 amide bonds. The van der Waals surface area contributed by atoms with Gasteiger partial charge in [-0.2, -0.15) is 0 Å². The summed E-state index contributed by atoms with van der Waals surface area (Å²) in [5, 5.41) is 10.5. The van der Waals surface area contributed by atoms with Gasteiger partial charge < -0.3 is 9.32 Å². The standard InChI is InChI=1S/C21H22FN3O2S2/c22-16-10-8-15(9-11-16)13-25(17-5-2-1-3-6-17)19(26)14-29-21-24-23-20(27-21)18-7-4-12-28-18/h4,7-12,17H,1-3,5-6,13-14H2. The zero-order chi connectivity index (χ0) is 20.1. The highest BCUT2D eigenvalue weighted by Crippen LogP contribution is 2.28. The summed E-state index contributed by atoms with van der Waals surface area (Å²) in [6.07, 6.45) is 5.52. The van der Waals surface area contributed by atoms with E-state index in [1.165, 1.54) is 41.7 Å². The second-order valence-electron chi connectivity index (χ2n) is 7.08. The maximum Gasteiger partial charge on any atom is 0.277 e. The molecule has 29 heavy (non-hydrogen) atoms. The van der Waals surface area contributed by atoms with Crippen molar-refractivity contribution in [1.29, 1.82) is 0 Å². The van der Waals surface area contributed by atoms with E-state index < -0.39 is 0 Å². The number of thiophene rings is 1. The van der Waals surface area contributed by atoms with Gasteiger partial charge in [0, 0.05) is 12.6 Å². The van der Waals surface area contributed by atoms with Crippen molar-refractivity contribution in [3.8, 4) is 10.8 Å². The average Bonchev–Trinajstić information content (AvgIpc) is 3.44. The summed E-state index contributed by atoms with van der Waals surface area (Å²) in [4.78, 5) is 15.9. The molecule has 1 aliphatic carbocycles. The van der Waals surface area contributed by atoms with Crippen molar-refractivity contribution in [3.05, 3.63) is 53.2 Å². The number of rotatable bonds is 7. The van der Waals surface area contributed by atoms with Gasteiger partial charge in [0.2, 0.25) is 5.91 Å². The van der Waals surface area contributed by atoms with E-state index in [0.29, 0.717) is 17.7 Å². The molecule has 5 nitrogen and oxygen atoms in total. The van der Waals surface area contributed by atoms with Gasteiger partial charge in [0.25, 0.3) is 11.1 Å². The number of nitrogens with zero attached hydrogens (tertiary/aromatic N) is 3. The molecule has 4 rings (SSSR count). The molecule has 2 aromatic heterocycles. The fourth-order valence-corrected chi connectivity index (χ4v) is 4.87. The lowest BCUT2D eigenvalue weighted by molar-refractivity contribution is -0.132. The van der Waals surface area contributed by atoms with Gasteiger partial charge >= 0.3 is 0 Å². The zero-order valence-corrected chi connectivity index (χ0v) is 17.6. The van der Waals surface area contributed by atoms with E-state index in [1.807, 2.05) is 22.4 Å². The Hall–Kier alpha value is -2.19. The van der Waals surface area contributed by atoms with E-state index in [1.54, 1.807) is 12.1 Å². The summed E-state index contributed by atoms with van der Waals surface area (Å²) in [6.45, 7) is 0.495. The van der Waals surface area contributed by atoms with Gasteiger partial charge in [-0.25, -0.2) is 4.39 Å². The molecule has 2 heterocycles. The molecule has 0 spiro atoms. The van der Waals surface area contributed by atoms with Gasteiger partial charge in [-0.15, -0.1) is 21.5 Å². The van der Waals surface area contributed by atoms with Crippen LogP contribution < -0.4 is 0 Å². The first-order chi connectivity index (χ1) is 14.2. The number of hydrogen-bond acceptors (Lipinski definition) is 6. The maximum absolute atomic E-state index is 13.2. The topological polar surface area (TPSA) is 59.2 Å². The van der Waals surface area contributed by atoms with Crippen LogP contribution in [0.3, 0.4) is 0 Å². The van der Waals surface area contributed by atoms with Crippen molar-refractivity contribution < 1.29 is 13.6 Å². The van der Waals surface area contributed by atoms with Crippen molar-refractivity contribution in [1.82, 2.24) is 15.1 Å². The Balaban J connectivity index is 1.42. The number of carbonyl (C=O) groups is 1. The van der Waals surface area contributed by atoms with E-state index in [-0.39, 0.29) is 23.5 Å². The summed E-state index contributed by atoms with van der Waals surface area (Å²) in [6, 6.07) is 10.5. The van der Waals surface area contributed by atoms with E-state index in [9.17, 15) is 9.18 Å². The molecule has 0 N–H and O–H groups in total. The number of hydrogen-bond donors (Lipinski definition) is 0. The van der Waals surface area contributed by atoms with Crippen LogP contribution in [0.25, 0.3) is 10.8 Å². The molecule has 152 valence electrons. The minimum absolute atomic E-state index is 0.0436. The Labute approximate surface area is 177 Å². The Morgan fingerprint density at radius 2 is 1.97 bits per heavy atom. The third kappa shape index (κ3) is 5.25. The molecule has 0 atom stereocenters. The molecular formula is C21H22FN3O2S2. The van der Waals surface area contributed by atoms with Crippen LogP contribution in [-0.2, 0) is 11.3 Å². The normalized spacial score (nSPS) is 14.8. The Morgan fingerprint density at radius 1 is 1.17 bits per heavy atom. The van der Waals surface area contributed by atoms with Crippen molar-refractivity contribution in [2.24, 2.45) is 0 Å². The van der Waals surface area contributed by atoms with Crippen LogP contribution in [0.4, 0.5) is 4.39 Å². The van der Waals surface area contributed by atoms with E-state index in [0.717, 1.165) is 36.1 Å². The Morgan fingerprint density at radius 3 is 2.69 bits per heavy atom. The number of amides is 1. The summed E-state index contributed by atoms with van der Waals surface area (Å²) < 4.78 is 18.9. The number of thioether (sulfide) groups is 1. The molecule has 0 aliphatic heterocycles. The van der Waals surface area contributed by atoms with Crippen LogP contribution in [0.15, 0.2) is 51.4 Å². The molecule has 1 saturated carbocycles. The first-order valence-corrected chi connectivity index (χ1v) is 11.6. The monoisotopic (exact) mass is 431 g/mol. The molecule has 0 bridgehead atoms. The van der Waals surface area contributed by atoms with Crippen molar-refractivity contribution in [2.45, 2.75) is 49.9 Å². The maximum atomic E-state index is 13.2. The Kier molecular flexibility index (Phi) is 6.61. The first kappa shape index (κ1) is 20.1. The third-order valence-corrected chi connectivity index (χ3v) is 6.72. The van der Waals surface area contributed by atoms with Crippen LogP contribution in [0.1, 0.15) is 37.7 Å². The SMILES string of the molecule is O=C(CSc1nnc(-c2cccs2)o1)N(Cc1ccc(F)cc1)C1CCCCC1. The van der Waals surface area contributed by atoms with Crippen LogP contribution >= 0.6 is 23.1 Å². The lowest BCUT2D eigenvalue weighted by atomic mass is 9.94. The van der Waals surface area contributed by atoms with E-state index in [2.05, 4.69) is 10.2 Å². The van der Waals surface area contributed by atoms with E-state index >= 15 is 0 Å². The second-order valence-corrected chi connectivity index (χ2v) is 8.95. The first-order valence-electron chi connectivity index (χ1n) is 9.73. The highest BCUT2D eigenvalue weighted by atomic mass is 32.2. The molecule has 0 radical (unpaired) electrons. The van der Waals surface area contributed by atoms with Gasteiger partial charge in [0.1, 0.15) is 5.82 Å². The van der Waals surface area contributed by atoms with Crippen LogP contribution in [0.2, 0.25) is 0 Å². The number of benzene rings is 1. The predicted molar refractivity (Wildman–Crippen MR) is 112 cm³/mol. The third-order valence-electron chi connectivity index (χ3n) is 5.06. The number of carbonyl (C=O) groups excluding carboxylic acids is 1. The fraction of sp³-hybridized carbons (Fsp3) is 0.381. The van der Waals surface area contributed by atoms with E-state index in [4.69, 9.17) is 4.42 Å². The fourth-order valence-electron chi connectivity index (χ4n) is 3.57. The van der Waals surface area contributed by atoms with Crippen molar-refractivity contribution >= 4 is 29.0 Å². The van der Waals surface area contributed by atoms with Gasteiger partial charge in [-0.3, -0.25) is 4.79 Å². The molecule has 0 saturated heterocycles. The largest absolute Gasteiger partial charge is 0.410 e. The average molecular weight is 432 g/mol. The quantitative estimate of drug-likeness (QED) is 0.469. The van der Waals surface area contributed by atoms with Gasteiger partial charge in [-0.1, -0.05) is 49.2 Å². The molecule has 0 unspecified atom stereocenters. The van der Waals surface area contributed by atoms with Crippen LogP contribution in [0, 0.1) is 5.82 Å². The Bertz CT molecular complexity index is 922. The molecule has 3 aromatic rings. The molecule has 8 heteroatoms. The lowest BCUT2D eigenvalue weighted by Gasteiger charge is -2.34. The summed E-state index contributed by atoms with van der Waals surface area (Å²) in [5.74, 6) is 0.495. The summed E-state index contributed by atoms with van der Waals surface area (Å²) in [5.41, 5.74) is 0.938. The lowest BCUT2D eigenvalue weighted by Crippen LogP contribution is -2.41. The second kappa shape index (κ2) is 9.54. The molecule has 1 aliphatic rings. The summed E-state index contributed by atoms with van der Waals surface area (Å²) >= 11 is 2.80. The predicted octanol–water partition coefficient (Wildman–Crippen LogP) is 5.39. The number of halogens is 1. The summed E-state index contributed by atoms with van der Waals surface area (Å²) in [7, 11) is 0. The van der Waals surface area contributed by atoms with Crippen molar-refractivity contribution in [2.75, 3.05) is 5.75 Å². The zero-order valence-electron chi connectivity index (χ0n) is 15.9. The molecule has 1 fully saturated rings. The molecule has 1 aromatic carbocycles. The van der Waals surface area contributed by atoms with Crippen LogP contribution in [-0.4, -0.2) is 32.8 Å². The van der Waals surface area contributed by atoms with Gasteiger partial charge in [-0.05, 0) is 42.0 Å². The smallest absolute Gasteiger partial charge is 0.277 e. The minimum atomic E-state index is -0.266. The van der Waals surface area contributed by atoms with Crippen LogP contribution in [0.5, 0.6) is 0 Å². The molecular weight excluding hydrogens is 409 g/mol. The number of aromatic nitrogens is 2. The van der Waals surface area contributed by atoms with Gasteiger partial charge in [0.15, 0.2) is 0 Å². The highest BCUT2D eigenvalue weighted by molar-refractivity contribution is 7.99.